The number of Topliss-reactive ketones (excluding diaryl/α,β-unsaturated/α-hetero) is 1. The number of hydrogen-bond acceptors (Lipinski definition) is 4. The van der Waals surface area contributed by atoms with Crippen LogP contribution < -0.4 is 15.6 Å². The lowest BCUT2D eigenvalue weighted by Gasteiger charge is -2.61. The predicted molar refractivity (Wildman–Crippen MR) is 177 cm³/mol. The molecule has 44 heavy (non-hydrogen) atoms. The zero-order valence-corrected chi connectivity index (χ0v) is 27.3. The first-order chi connectivity index (χ1) is 21.4. The second-order valence-corrected chi connectivity index (χ2v) is 17.7. The molecule has 3 aromatic rings. The Balaban J connectivity index is 1.24. The quantitative estimate of drug-likeness (QED) is 0.183. The van der Waals surface area contributed by atoms with Gasteiger partial charge in [-0.2, -0.15) is 0 Å². The van der Waals surface area contributed by atoms with Gasteiger partial charge in [-0.15, -0.1) is 0 Å². The van der Waals surface area contributed by atoms with Gasteiger partial charge in [0.15, 0.2) is 0 Å². The fourth-order valence-electron chi connectivity index (χ4n) is 10.4. The molecule has 0 spiro atoms. The zero-order chi connectivity index (χ0) is 30.4. The van der Waals surface area contributed by atoms with Crippen LogP contribution in [0.2, 0.25) is 0 Å². The Labute approximate surface area is 263 Å². The number of benzene rings is 3. The van der Waals surface area contributed by atoms with Crippen molar-refractivity contribution in [3.8, 4) is 0 Å². The van der Waals surface area contributed by atoms with Crippen molar-refractivity contribution in [3.05, 3.63) is 91.0 Å². The molecule has 0 saturated heterocycles. The molecular weight excluding hydrogens is 561 g/mol. The molecule has 0 amide bonds. The highest BCUT2D eigenvalue weighted by atomic mass is 28.4. The number of hydrogen-bond donors (Lipinski definition) is 0. The summed E-state index contributed by atoms with van der Waals surface area (Å²) in [6.45, 7) is 4.31. The Bertz CT molecular complexity index is 1380. The number of esters is 1. The molecule has 4 fully saturated rings. The molecule has 0 heterocycles. The molecule has 4 nitrogen and oxygen atoms in total. The number of carbonyl (C=O) groups excluding carboxylic acids is 2. The van der Waals surface area contributed by atoms with Crippen LogP contribution in [0.5, 0.6) is 0 Å². The van der Waals surface area contributed by atoms with Gasteiger partial charge in [0, 0.05) is 30.3 Å². The van der Waals surface area contributed by atoms with E-state index in [1.807, 2.05) is 0 Å². The molecule has 4 aliphatic rings. The number of carbonyl (C=O) groups is 2. The van der Waals surface area contributed by atoms with Crippen LogP contribution in [0.25, 0.3) is 0 Å². The molecule has 0 radical (unpaired) electrons. The fourth-order valence-corrected chi connectivity index (χ4v) is 14.5. The van der Waals surface area contributed by atoms with E-state index in [-0.39, 0.29) is 22.9 Å². The molecule has 7 atom stereocenters. The summed E-state index contributed by atoms with van der Waals surface area (Å²) in [7, 11) is -2.82. The standard InChI is InChI=1S/C39H46O4Si/c1-28(40)42-27-39-25-22-30(26-29(39)18-19-34-35-20-21-37(41)38(35,2)24-23-36(34)39)43-44(31-12-6-3-7-13-31,32-14-8-4-9-15-32)33-16-10-5-11-17-33/h3-17,29-30,34-36H,18-27H2,1-2H3/t29-,30-,34-,35-,36-,38-,39+/m0/s1. The van der Waals surface area contributed by atoms with Crippen LogP contribution in [0.3, 0.4) is 0 Å². The van der Waals surface area contributed by atoms with Gasteiger partial charge in [0.2, 0.25) is 0 Å². The van der Waals surface area contributed by atoms with Crippen molar-refractivity contribution in [1.29, 1.82) is 0 Å². The van der Waals surface area contributed by atoms with E-state index in [0.29, 0.717) is 36.1 Å². The van der Waals surface area contributed by atoms with Crippen LogP contribution in [0.4, 0.5) is 0 Å². The molecule has 0 unspecified atom stereocenters. The highest BCUT2D eigenvalue weighted by molar-refractivity contribution is 7.07. The number of fused-ring (bicyclic) bond motifs is 5. The summed E-state index contributed by atoms with van der Waals surface area (Å²) in [5, 5.41) is 3.82. The fraction of sp³-hybridized carbons (Fsp3) is 0.487. The Kier molecular flexibility index (Phi) is 7.91. The Morgan fingerprint density at radius 1 is 0.773 bits per heavy atom. The minimum Gasteiger partial charge on any atom is -0.465 e. The minimum absolute atomic E-state index is 0.0299. The van der Waals surface area contributed by atoms with Crippen molar-refractivity contribution in [1.82, 2.24) is 0 Å². The molecule has 5 heteroatoms. The largest absolute Gasteiger partial charge is 0.465 e. The highest BCUT2D eigenvalue weighted by Gasteiger charge is 2.62. The molecule has 230 valence electrons. The van der Waals surface area contributed by atoms with E-state index in [1.165, 1.54) is 22.0 Å². The van der Waals surface area contributed by atoms with Gasteiger partial charge in [0.05, 0.1) is 6.61 Å². The number of ketones is 1. The van der Waals surface area contributed by atoms with Gasteiger partial charge in [-0.25, -0.2) is 0 Å². The van der Waals surface area contributed by atoms with Crippen LogP contribution in [-0.4, -0.2) is 32.8 Å². The van der Waals surface area contributed by atoms with Crippen molar-refractivity contribution in [2.75, 3.05) is 6.61 Å². The maximum Gasteiger partial charge on any atom is 0.302 e. The third-order valence-corrected chi connectivity index (χ3v) is 16.6. The molecule has 4 aliphatic carbocycles. The van der Waals surface area contributed by atoms with Gasteiger partial charge in [-0.1, -0.05) is 97.9 Å². The van der Waals surface area contributed by atoms with E-state index in [4.69, 9.17) is 9.16 Å². The zero-order valence-electron chi connectivity index (χ0n) is 26.3. The second kappa shape index (κ2) is 11.7. The summed E-state index contributed by atoms with van der Waals surface area (Å²) in [6.07, 6.45) is 9.22. The topological polar surface area (TPSA) is 52.6 Å². The second-order valence-electron chi connectivity index (χ2n) is 14.4. The highest BCUT2D eigenvalue weighted by Crippen LogP contribution is 2.65. The van der Waals surface area contributed by atoms with Gasteiger partial charge >= 0.3 is 5.97 Å². The molecule has 4 saturated carbocycles. The Hall–Kier alpha value is -3.02. The van der Waals surface area contributed by atoms with Crippen molar-refractivity contribution in [2.24, 2.45) is 34.5 Å². The van der Waals surface area contributed by atoms with E-state index in [0.717, 1.165) is 51.4 Å². The van der Waals surface area contributed by atoms with E-state index in [2.05, 4.69) is 97.9 Å². The number of rotatable bonds is 7. The molecule has 7 rings (SSSR count). The average Bonchev–Trinajstić information content (AvgIpc) is 3.37. The molecule has 0 N–H and O–H groups in total. The third-order valence-electron chi connectivity index (χ3n) is 12.5. The smallest absolute Gasteiger partial charge is 0.302 e. The third kappa shape index (κ3) is 4.82. The van der Waals surface area contributed by atoms with E-state index < -0.39 is 8.32 Å². The summed E-state index contributed by atoms with van der Waals surface area (Å²) in [5.41, 5.74) is -0.180. The van der Waals surface area contributed by atoms with Crippen LogP contribution in [0.1, 0.15) is 71.6 Å². The van der Waals surface area contributed by atoms with E-state index in [9.17, 15) is 9.59 Å². The molecular formula is C39H46O4Si. The van der Waals surface area contributed by atoms with E-state index in [1.54, 1.807) is 6.92 Å². The van der Waals surface area contributed by atoms with Gasteiger partial charge in [0.25, 0.3) is 8.32 Å². The first kappa shape index (κ1) is 29.7. The van der Waals surface area contributed by atoms with Crippen LogP contribution >= 0.6 is 0 Å². The average molecular weight is 607 g/mol. The summed E-state index contributed by atoms with van der Waals surface area (Å²) in [5.74, 6) is 2.28. The maximum atomic E-state index is 13.0. The monoisotopic (exact) mass is 606 g/mol. The summed E-state index contributed by atoms with van der Waals surface area (Å²) < 4.78 is 13.6. The molecule has 0 aliphatic heterocycles. The van der Waals surface area contributed by atoms with Crippen molar-refractivity contribution in [3.63, 3.8) is 0 Å². The van der Waals surface area contributed by atoms with Crippen LogP contribution in [-0.2, 0) is 18.8 Å². The Morgan fingerprint density at radius 3 is 1.93 bits per heavy atom. The summed E-state index contributed by atoms with van der Waals surface area (Å²) >= 11 is 0. The van der Waals surface area contributed by atoms with Gasteiger partial charge < -0.3 is 9.16 Å². The SMILES string of the molecule is CC(=O)OC[C@]12CC[C@H](O[Si](c3ccccc3)(c3ccccc3)c3ccccc3)C[C@@H]1CC[C@@H]1[C@@H]2CC[C@]2(C)C(=O)CC[C@@H]12. The molecule has 0 aromatic heterocycles. The van der Waals surface area contributed by atoms with Crippen molar-refractivity contribution < 1.29 is 18.8 Å². The van der Waals surface area contributed by atoms with Gasteiger partial charge in [-0.05, 0) is 90.6 Å². The summed E-state index contributed by atoms with van der Waals surface area (Å²) in [6, 6.07) is 32.7. The maximum absolute atomic E-state index is 13.0. The normalized spacial score (nSPS) is 33.1. The minimum atomic E-state index is -2.82. The number of ether oxygens (including phenoxy) is 1. The van der Waals surface area contributed by atoms with E-state index >= 15 is 0 Å². The van der Waals surface area contributed by atoms with Gasteiger partial charge in [-0.3, -0.25) is 9.59 Å². The van der Waals surface area contributed by atoms with Crippen molar-refractivity contribution >= 4 is 35.6 Å². The molecule has 0 bridgehead atoms. The predicted octanol–water partition coefficient (Wildman–Crippen LogP) is 6.19. The Morgan fingerprint density at radius 2 is 1.36 bits per heavy atom. The lowest BCUT2D eigenvalue weighted by molar-refractivity contribution is -0.172. The summed E-state index contributed by atoms with van der Waals surface area (Å²) in [4.78, 5) is 25.3. The molecule has 3 aromatic carbocycles. The van der Waals surface area contributed by atoms with Crippen molar-refractivity contribution in [2.45, 2.75) is 77.7 Å². The van der Waals surface area contributed by atoms with Crippen LogP contribution in [0.15, 0.2) is 91.0 Å². The van der Waals surface area contributed by atoms with Gasteiger partial charge in [0.1, 0.15) is 5.78 Å². The lowest BCUT2D eigenvalue weighted by Crippen LogP contribution is -2.71. The first-order valence-electron chi connectivity index (χ1n) is 16.9. The lowest BCUT2D eigenvalue weighted by atomic mass is 9.45. The first-order valence-corrected chi connectivity index (χ1v) is 18.8. The van der Waals surface area contributed by atoms with Crippen LogP contribution in [0, 0.1) is 34.5 Å².